The second-order valence-electron chi connectivity index (χ2n) is 19.3. The lowest BCUT2D eigenvalue weighted by Gasteiger charge is -2.45. The molecule has 0 aromatic heterocycles. The van der Waals surface area contributed by atoms with Crippen LogP contribution < -0.4 is 9.47 Å². The van der Waals surface area contributed by atoms with E-state index >= 15 is 14.4 Å². The third-order valence-corrected chi connectivity index (χ3v) is 12.9. The topological polar surface area (TPSA) is 176 Å². The lowest BCUT2D eigenvalue weighted by Crippen LogP contribution is -2.59. The minimum absolute atomic E-state index is 0.0402. The van der Waals surface area contributed by atoms with Crippen LogP contribution in [0.3, 0.4) is 0 Å². The van der Waals surface area contributed by atoms with Crippen LogP contribution in [-0.2, 0) is 27.6 Å². The normalized spacial score (nSPS) is 21.3. The van der Waals surface area contributed by atoms with Gasteiger partial charge < -0.3 is 14.6 Å². The second-order valence-corrected chi connectivity index (χ2v) is 19.3. The first-order valence-electron chi connectivity index (χ1n) is 22.0. The molecule has 12 nitrogen and oxygen atoms in total. The Kier molecular flexibility index (Phi) is 15.4. The Morgan fingerprint density at radius 1 is 0.769 bits per heavy atom. The molecule has 2 aliphatic carbocycles. The molecule has 0 radical (unpaired) electrons. The van der Waals surface area contributed by atoms with Crippen LogP contribution in [0.5, 0.6) is 11.5 Å². The summed E-state index contributed by atoms with van der Waals surface area (Å²) in [6.45, 7) is 21.8. The minimum atomic E-state index is -1.69. The van der Waals surface area contributed by atoms with Gasteiger partial charge in [0, 0.05) is 29.8 Å². The Balaban J connectivity index is 1.75. The molecule has 1 N–H and O–H groups in total. The van der Waals surface area contributed by atoms with Crippen LogP contribution in [0.1, 0.15) is 118 Å². The van der Waals surface area contributed by atoms with E-state index in [1.165, 1.54) is 54.6 Å². The molecule has 12 heteroatoms. The van der Waals surface area contributed by atoms with Gasteiger partial charge in [0.25, 0.3) is 11.4 Å². The van der Waals surface area contributed by atoms with Gasteiger partial charge in [-0.1, -0.05) is 85.2 Å². The highest BCUT2D eigenvalue weighted by Crippen LogP contribution is 2.61. The Labute approximate surface area is 382 Å². The lowest BCUT2D eigenvalue weighted by atomic mass is 9.53. The highest BCUT2D eigenvalue weighted by atomic mass is 16.6. The number of carbonyl (C=O) groups is 3. The molecule has 4 atom stereocenters. The Morgan fingerprint density at radius 2 is 1.31 bits per heavy atom. The molecule has 0 aliphatic heterocycles. The number of nitro groups is 2. The first-order chi connectivity index (χ1) is 30.5. The fourth-order valence-corrected chi connectivity index (χ4v) is 9.24. The van der Waals surface area contributed by atoms with E-state index in [9.17, 15) is 25.3 Å². The molecule has 2 aliphatic rings. The number of aliphatic hydroxyl groups excluding tert-OH is 1. The Bertz CT molecular complexity index is 2510. The molecule has 2 fully saturated rings. The van der Waals surface area contributed by atoms with Crippen molar-refractivity contribution in [2.45, 2.75) is 114 Å². The van der Waals surface area contributed by atoms with Gasteiger partial charge in [0.05, 0.1) is 20.7 Å². The predicted octanol–water partition coefficient (Wildman–Crippen LogP) is 12.7. The van der Waals surface area contributed by atoms with Crippen molar-refractivity contribution < 1.29 is 38.8 Å². The van der Waals surface area contributed by atoms with E-state index < -0.39 is 54.8 Å². The van der Waals surface area contributed by atoms with E-state index in [-0.39, 0.29) is 79.2 Å². The number of allylic oxidation sites excluding steroid dienone is 8. The molecule has 0 saturated heterocycles. The first-order valence-corrected chi connectivity index (χ1v) is 22.0. The van der Waals surface area contributed by atoms with Crippen LogP contribution in [0, 0.1) is 48.3 Å². The van der Waals surface area contributed by atoms with Crippen molar-refractivity contribution in [1.82, 2.24) is 0 Å². The first kappa shape index (κ1) is 49.6. The Morgan fingerprint density at radius 3 is 1.83 bits per heavy atom. The molecular formula is C53H62N2O10. The number of hydrogen-bond acceptors (Lipinski definition) is 10. The zero-order chi connectivity index (χ0) is 48.0. The molecule has 3 aromatic rings. The maximum atomic E-state index is 15.8. The van der Waals surface area contributed by atoms with Crippen LogP contribution in [-0.4, -0.2) is 32.3 Å². The predicted molar refractivity (Wildman–Crippen MR) is 252 cm³/mol. The fourth-order valence-electron chi connectivity index (χ4n) is 9.24. The van der Waals surface area contributed by atoms with Gasteiger partial charge in [0.2, 0.25) is 0 Å². The molecule has 0 heterocycles. The molecular weight excluding hydrogens is 825 g/mol. The minimum Gasteiger partial charge on any atom is -0.506 e. The van der Waals surface area contributed by atoms with Crippen molar-refractivity contribution in [3.63, 3.8) is 0 Å². The average molecular weight is 887 g/mol. The summed E-state index contributed by atoms with van der Waals surface area (Å²) >= 11 is 0. The number of nitro benzene ring substituents is 2. The van der Waals surface area contributed by atoms with Gasteiger partial charge in [-0.15, -0.1) is 0 Å². The van der Waals surface area contributed by atoms with Gasteiger partial charge in [-0.05, 0) is 134 Å². The lowest BCUT2D eigenvalue weighted by molar-refractivity contribution is -0.385. The summed E-state index contributed by atoms with van der Waals surface area (Å²) in [5.41, 5.74) is 0.161. The molecule has 65 heavy (non-hydrogen) atoms. The summed E-state index contributed by atoms with van der Waals surface area (Å²) in [6.07, 6.45) is 7.67. The number of carbonyl (C=O) groups excluding carboxylic acids is 3. The molecule has 5 rings (SSSR count). The number of hydrogen-bond donors (Lipinski definition) is 1. The van der Waals surface area contributed by atoms with E-state index in [4.69, 9.17) is 9.47 Å². The van der Waals surface area contributed by atoms with Gasteiger partial charge in [-0.2, -0.15) is 0 Å². The number of aliphatic hydroxyl groups is 1. The van der Waals surface area contributed by atoms with Crippen LogP contribution in [0.4, 0.5) is 11.4 Å². The number of nitrogens with zero attached hydrogens (tertiary/aromatic N) is 2. The summed E-state index contributed by atoms with van der Waals surface area (Å²) in [5, 5.41) is 35.6. The van der Waals surface area contributed by atoms with Crippen molar-refractivity contribution in [2.24, 2.45) is 28.1 Å². The number of ketones is 3. The maximum Gasteiger partial charge on any atom is 0.269 e. The van der Waals surface area contributed by atoms with Gasteiger partial charge in [-0.25, -0.2) is 0 Å². The van der Waals surface area contributed by atoms with E-state index in [2.05, 4.69) is 32.6 Å². The van der Waals surface area contributed by atoms with Gasteiger partial charge >= 0.3 is 0 Å². The smallest absolute Gasteiger partial charge is 0.269 e. The SMILES string of the molecule is C=C(C)C(CC=C(C)C)CC12CC(CC=C(C)C)C(C)(C)CC(CC=C(C)C)(C(=O)C(=C(O)c3ccc(OCc4cccc([N+](=O)[O-])c4)c(OCc4cccc([N+](=O)[O-])c4)c3)C1=O)C2=O. The molecule has 3 aromatic carbocycles. The number of ether oxygens (including phenoxy) is 2. The van der Waals surface area contributed by atoms with Crippen molar-refractivity contribution in [2.75, 3.05) is 0 Å². The monoisotopic (exact) mass is 886 g/mol. The molecule has 4 unspecified atom stereocenters. The number of non-ortho nitro benzene ring substituents is 2. The Hall–Kier alpha value is -6.43. The summed E-state index contributed by atoms with van der Waals surface area (Å²) < 4.78 is 12.4. The third-order valence-electron chi connectivity index (χ3n) is 12.9. The highest BCUT2D eigenvalue weighted by molar-refractivity contribution is 6.41. The van der Waals surface area contributed by atoms with Crippen molar-refractivity contribution in [3.05, 3.63) is 156 Å². The van der Waals surface area contributed by atoms with E-state index in [0.29, 0.717) is 24.0 Å². The summed E-state index contributed by atoms with van der Waals surface area (Å²) in [7, 11) is 0. The van der Waals surface area contributed by atoms with Crippen molar-refractivity contribution in [3.8, 4) is 11.5 Å². The maximum absolute atomic E-state index is 15.8. The largest absolute Gasteiger partial charge is 0.506 e. The van der Waals surface area contributed by atoms with E-state index in [1.54, 1.807) is 12.1 Å². The second kappa shape index (κ2) is 20.2. The molecule has 2 bridgehead atoms. The molecule has 344 valence electrons. The molecule has 0 amide bonds. The molecule has 0 spiro atoms. The third kappa shape index (κ3) is 11.1. The van der Waals surface area contributed by atoms with Gasteiger partial charge in [0.15, 0.2) is 28.8 Å². The quantitative estimate of drug-likeness (QED) is 0.0246. The van der Waals surface area contributed by atoms with Crippen LogP contribution >= 0.6 is 0 Å². The van der Waals surface area contributed by atoms with Crippen molar-refractivity contribution in [1.29, 1.82) is 0 Å². The van der Waals surface area contributed by atoms with E-state index in [1.807, 2.05) is 54.5 Å². The van der Waals surface area contributed by atoms with Crippen LogP contribution in [0.25, 0.3) is 5.76 Å². The number of rotatable bonds is 18. The van der Waals surface area contributed by atoms with Crippen molar-refractivity contribution >= 4 is 34.5 Å². The summed E-state index contributed by atoms with van der Waals surface area (Å²) in [6, 6.07) is 16.2. The zero-order valence-corrected chi connectivity index (χ0v) is 39.1. The fraction of sp³-hybridized carbons (Fsp3) is 0.415. The summed E-state index contributed by atoms with van der Waals surface area (Å²) in [4.78, 5) is 69.0. The average Bonchev–Trinajstić information content (AvgIpc) is 3.30. The number of benzene rings is 3. The summed E-state index contributed by atoms with van der Waals surface area (Å²) in [5.74, 6) is -2.73. The van der Waals surface area contributed by atoms with Gasteiger partial charge in [-0.3, -0.25) is 34.6 Å². The molecule has 2 saturated carbocycles. The number of fused-ring (bicyclic) bond motifs is 2. The van der Waals surface area contributed by atoms with Gasteiger partial charge in [0.1, 0.15) is 24.5 Å². The number of Topliss-reactive ketones (excluding diaryl/α,β-unsaturated/α-hetero) is 3. The van der Waals surface area contributed by atoms with Crippen LogP contribution in [0.2, 0.25) is 0 Å². The van der Waals surface area contributed by atoms with E-state index in [0.717, 1.165) is 22.3 Å². The zero-order valence-electron chi connectivity index (χ0n) is 39.1. The van der Waals surface area contributed by atoms with Crippen LogP contribution in [0.15, 0.2) is 119 Å². The highest BCUT2D eigenvalue weighted by Gasteiger charge is 2.68. The standard InChI is InChI=1S/C53H62N2O10/c1-33(2)17-19-40(36(7)8)28-53-29-41(21-18-34(3)4)51(9,10)32-52(50(53)59,24-23-35(5)6)48(57)46(49(53)58)47(56)39-20-22-44(64-30-37-13-11-15-42(25-37)54(60)61)45(27-39)65-31-38-14-12-16-43(26-38)55(62)63/h11-18,20,22-23,25-27,40-41,56H,7,19,21,24,28-32H2,1-6,8-10H3.